The van der Waals surface area contributed by atoms with Crippen molar-refractivity contribution < 1.29 is 4.74 Å². The molecule has 0 spiro atoms. The molecule has 0 aromatic carbocycles. The van der Waals surface area contributed by atoms with E-state index in [4.69, 9.17) is 16.3 Å². The van der Waals surface area contributed by atoms with E-state index in [-0.39, 0.29) is 0 Å². The summed E-state index contributed by atoms with van der Waals surface area (Å²) in [6.07, 6.45) is 8.44. The van der Waals surface area contributed by atoms with Gasteiger partial charge in [0, 0.05) is 25.1 Å². The van der Waals surface area contributed by atoms with Crippen LogP contribution in [0, 0.1) is 29.6 Å². The lowest BCUT2D eigenvalue weighted by molar-refractivity contribution is 0.107. The molecule has 1 aliphatic carbocycles. The van der Waals surface area contributed by atoms with Crippen LogP contribution in [-0.2, 0) is 4.74 Å². The van der Waals surface area contributed by atoms with Crippen LogP contribution in [0.15, 0.2) is 0 Å². The van der Waals surface area contributed by atoms with Crippen molar-refractivity contribution in [1.82, 2.24) is 10.6 Å². The van der Waals surface area contributed by atoms with Gasteiger partial charge in [-0.05, 0) is 61.8 Å². The SMILES string of the molecule is ClC1CCCC(C2CNC3NCC(C4CCOC4)C3C2)C1. The molecule has 2 N–H and O–H groups in total. The lowest BCUT2D eigenvalue weighted by Crippen LogP contribution is -2.51. The summed E-state index contributed by atoms with van der Waals surface area (Å²) < 4.78 is 5.64. The van der Waals surface area contributed by atoms with Crippen molar-refractivity contribution in [3.05, 3.63) is 0 Å². The third-order valence-corrected chi connectivity index (χ3v) is 7.01. The van der Waals surface area contributed by atoms with Crippen LogP contribution in [0.1, 0.15) is 38.5 Å². The number of ether oxygens (including phenoxy) is 1. The highest BCUT2D eigenvalue weighted by Crippen LogP contribution is 2.43. The van der Waals surface area contributed by atoms with E-state index in [1.165, 1.54) is 51.6 Å². The molecule has 21 heavy (non-hydrogen) atoms. The molecule has 4 fully saturated rings. The predicted molar refractivity (Wildman–Crippen MR) is 85.4 cm³/mol. The second kappa shape index (κ2) is 6.35. The van der Waals surface area contributed by atoms with Crippen molar-refractivity contribution >= 4 is 11.6 Å². The molecule has 4 aliphatic rings. The minimum absolute atomic E-state index is 0.433. The number of hydrogen-bond donors (Lipinski definition) is 2. The lowest BCUT2D eigenvalue weighted by atomic mass is 9.70. The van der Waals surface area contributed by atoms with E-state index in [1.54, 1.807) is 0 Å². The van der Waals surface area contributed by atoms with Crippen molar-refractivity contribution in [1.29, 1.82) is 0 Å². The number of alkyl halides is 1. The van der Waals surface area contributed by atoms with Crippen LogP contribution in [0.5, 0.6) is 0 Å². The zero-order valence-electron chi connectivity index (χ0n) is 12.9. The largest absolute Gasteiger partial charge is 0.381 e. The Morgan fingerprint density at radius 2 is 1.76 bits per heavy atom. The van der Waals surface area contributed by atoms with Crippen molar-refractivity contribution in [3.8, 4) is 0 Å². The van der Waals surface area contributed by atoms with Gasteiger partial charge in [0.05, 0.1) is 6.17 Å². The molecule has 120 valence electrons. The summed E-state index contributed by atoms with van der Waals surface area (Å²) in [5, 5.41) is 7.96. The van der Waals surface area contributed by atoms with Gasteiger partial charge in [0.1, 0.15) is 0 Å². The highest BCUT2D eigenvalue weighted by atomic mass is 35.5. The lowest BCUT2D eigenvalue weighted by Gasteiger charge is -2.41. The predicted octanol–water partition coefficient (Wildman–Crippen LogP) is 2.59. The molecule has 0 aromatic rings. The van der Waals surface area contributed by atoms with Crippen LogP contribution in [-0.4, -0.2) is 37.8 Å². The normalized spacial score (nSPS) is 51.0. The quantitative estimate of drug-likeness (QED) is 0.769. The minimum atomic E-state index is 0.433. The molecule has 3 saturated heterocycles. The van der Waals surface area contributed by atoms with E-state index >= 15 is 0 Å². The summed E-state index contributed by atoms with van der Waals surface area (Å²) in [5.41, 5.74) is 0. The average Bonchev–Trinajstić information content (AvgIpc) is 3.15. The van der Waals surface area contributed by atoms with Crippen LogP contribution in [0.3, 0.4) is 0 Å². The number of nitrogens with one attached hydrogen (secondary N) is 2. The van der Waals surface area contributed by atoms with Crippen LogP contribution in [0.4, 0.5) is 0 Å². The van der Waals surface area contributed by atoms with E-state index in [0.717, 1.165) is 42.8 Å². The van der Waals surface area contributed by atoms with Crippen molar-refractivity contribution in [3.63, 3.8) is 0 Å². The summed E-state index contributed by atoms with van der Waals surface area (Å²) in [7, 11) is 0. The average molecular weight is 313 g/mol. The molecular weight excluding hydrogens is 284 g/mol. The second-order valence-corrected chi connectivity index (χ2v) is 8.38. The maximum atomic E-state index is 6.42. The van der Waals surface area contributed by atoms with Gasteiger partial charge in [-0.25, -0.2) is 0 Å². The Labute approximate surface area is 133 Å². The van der Waals surface area contributed by atoms with E-state index in [9.17, 15) is 0 Å². The highest BCUT2D eigenvalue weighted by Gasteiger charge is 2.45. The Morgan fingerprint density at radius 1 is 0.857 bits per heavy atom. The summed E-state index contributed by atoms with van der Waals surface area (Å²) in [6.45, 7) is 4.35. The molecule has 3 heterocycles. The minimum Gasteiger partial charge on any atom is -0.381 e. The molecule has 0 aromatic heterocycles. The van der Waals surface area contributed by atoms with Crippen LogP contribution in [0.2, 0.25) is 0 Å². The number of fused-ring (bicyclic) bond motifs is 1. The number of piperidine rings is 1. The Hall–Kier alpha value is 0.170. The Balaban J connectivity index is 1.41. The Morgan fingerprint density at radius 3 is 2.57 bits per heavy atom. The fourth-order valence-electron chi connectivity index (χ4n) is 5.42. The second-order valence-electron chi connectivity index (χ2n) is 7.77. The monoisotopic (exact) mass is 312 g/mol. The van der Waals surface area contributed by atoms with Gasteiger partial charge < -0.3 is 15.4 Å². The highest BCUT2D eigenvalue weighted by molar-refractivity contribution is 6.20. The van der Waals surface area contributed by atoms with Crippen LogP contribution < -0.4 is 10.6 Å². The Kier molecular flexibility index (Phi) is 4.46. The zero-order chi connectivity index (χ0) is 14.2. The van der Waals surface area contributed by atoms with Gasteiger partial charge in [-0.3, -0.25) is 0 Å². The van der Waals surface area contributed by atoms with Gasteiger partial charge in [-0.15, -0.1) is 11.6 Å². The van der Waals surface area contributed by atoms with Crippen molar-refractivity contribution in [2.45, 2.75) is 50.1 Å². The van der Waals surface area contributed by atoms with Crippen LogP contribution >= 0.6 is 11.6 Å². The van der Waals surface area contributed by atoms with Gasteiger partial charge in [0.15, 0.2) is 0 Å². The maximum absolute atomic E-state index is 6.42. The summed E-state index contributed by atoms with van der Waals surface area (Å²) in [5.74, 6) is 4.13. The molecule has 1 saturated carbocycles. The smallest absolute Gasteiger partial charge is 0.0604 e. The molecule has 7 atom stereocenters. The first-order valence-electron chi connectivity index (χ1n) is 9.00. The molecule has 4 heteroatoms. The molecule has 3 nitrogen and oxygen atoms in total. The summed E-state index contributed by atoms with van der Waals surface area (Å²) in [6, 6.07) is 0. The number of hydrogen-bond acceptors (Lipinski definition) is 3. The molecule has 4 rings (SSSR count). The molecule has 7 unspecified atom stereocenters. The molecule has 3 aliphatic heterocycles. The first-order valence-corrected chi connectivity index (χ1v) is 9.43. The molecule has 0 amide bonds. The van der Waals surface area contributed by atoms with Crippen molar-refractivity contribution in [2.24, 2.45) is 29.6 Å². The van der Waals surface area contributed by atoms with Gasteiger partial charge in [0.2, 0.25) is 0 Å². The fourth-order valence-corrected chi connectivity index (χ4v) is 5.80. The first kappa shape index (κ1) is 14.7. The number of halogens is 1. The summed E-state index contributed by atoms with van der Waals surface area (Å²) >= 11 is 6.42. The van der Waals surface area contributed by atoms with Gasteiger partial charge in [0.25, 0.3) is 0 Å². The molecule has 0 radical (unpaired) electrons. The van der Waals surface area contributed by atoms with E-state index in [1.807, 2.05) is 0 Å². The topological polar surface area (TPSA) is 33.3 Å². The maximum Gasteiger partial charge on any atom is 0.0604 e. The first-order chi connectivity index (χ1) is 10.3. The van der Waals surface area contributed by atoms with E-state index in [0.29, 0.717) is 11.5 Å². The zero-order valence-corrected chi connectivity index (χ0v) is 13.7. The molecule has 0 bridgehead atoms. The third kappa shape index (κ3) is 2.99. The van der Waals surface area contributed by atoms with E-state index < -0.39 is 0 Å². The fraction of sp³-hybridized carbons (Fsp3) is 1.00. The Bertz CT molecular complexity index is 361. The van der Waals surface area contributed by atoms with Gasteiger partial charge in [-0.1, -0.05) is 12.8 Å². The van der Waals surface area contributed by atoms with E-state index in [2.05, 4.69) is 10.6 Å². The molecular formula is C17H29ClN2O. The standard InChI is InChI=1S/C17H29ClN2O/c18-14-3-1-2-11(6-14)13-7-15-16(12-4-5-21-10-12)9-20-17(15)19-8-13/h11-17,19-20H,1-10H2. The summed E-state index contributed by atoms with van der Waals surface area (Å²) in [4.78, 5) is 0. The third-order valence-electron chi connectivity index (χ3n) is 6.61. The van der Waals surface area contributed by atoms with Gasteiger partial charge in [-0.2, -0.15) is 0 Å². The van der Waals surface area contributed by atoms with Crippen molar-refractivity contribution in [2.75, 3.05) is 26.3 Å². The van der Waals surface area contributed by atoms with Crippen LogP contribution in [0.25, 0.3) is 0 Å². The van der Waals surface area contributed by atoms with Gasteiger partial charge >= 0.3 is 0 Å². The number of rotatable bonds is 2.